The molecule has 3 nitrogen and oxygen atoms in total. The topological polar surface area (TPSA) is 24.5 Å². The second-order valence-electron chi connectivity index (χ2n) is 5.99. The first-order valence-electron chi connectivity index (χ1n) is 7.79. The summed E-state index contributed by atoms with van der Waals surface area (Å²) in [4.78, 5) is 2.59. The van der Waals surface area contributed by atoms with E-state index in [-0.39, 0.29) is 0 Å². The van der Waals surface area contributed by atoms with E-state index in [9.17, 15) is 0 Å². The Morgan fingerprint density at radius 3 is 2.60 bits per heavy atom. The molecule has 0 aromatic heterocycles. The van der Waals surface area contributed by atoms with Crippen molar-refractivity contribution in [3.63, 3.8) is 0 Å². The Morgan fingerprint density at radius 1 is 1.20 bits per heavy atom. The molecule has 3 heteroatoms. The predicted molar refractivity (Wildman–Crippen MR) is 84.2 cm³/mol. The molecule has 1 saturated heterocycles. The van der Waals surface area contributed by atoms with Crippen LogP contribution in [0.1, 0.15) is 38.7 Å². The van der Waals surface area contributed by atoms with Crippen LogP contribution in [0.5, 0.6) is 5.75 Å². The van der Waals surface area contributed by atoms with Gasteiger partial charge in [-0.25, -0.2) is 0 Å². The van der Waals surface area contributed by atoms with Gasteiger partial charge in [-0.3, -0.25) is 0 Å². The molecule has 1 aromatic rings. The average molecular weight is 276 g/mol. The fourth-order valence-electron chi connectivity index (χ4n) is 2.84. The van der Waals surface area contributed by atoms with Crippen LogP contribution in [0.25, 0.3) is 0 Å². The van der Waals surface area contributed by atoms with Gasteiger partial charge in [-0.1, -0.05) is 12.1 Å². The minimum absolute atomic E-state index is 0.654. The minimum atomic E-state index is 0.654. The molecule has 1 N–H and O–H groups in total. The molecular formula is C17H28N2O. The first-order chi connectivity index (χ1) is 9.69. The summed E-state index contributed by atoms with van der Waals surface area (Å²) in [6.07, 6.45) is 3.85. The van der Waals surface area contributed by atoms with Crippen molar-refractivity contribution in [2.45, 2.75) is 51.7 Å². The lowest BCUT2D eigenvalue weighted by atomic mass is 10.1. The molecule has 0 spiro atoms. The van der Waals surface area contributed by atoms with E-state index in [4.69, 9.17) is 4.74 Å². The van der Waals surface area contributed by atoms with E-state index in [2.05, 4.69) is 36.2 Å². The number of nitrogens with one attached hydrogen (secondary N) is 1. The fraction of sp³-hybridized carbons (Fsp3) is 0.647. The molecule has 112 valence electrons. The highest BCUT2D eigenvalue weighted by Crippen LogP contribution is 2.15. The van der Waals surface area contributed by atoms with Crippen LogP contribution in [0.3, 0.4) is 0 Å². The highest BCUT2D eigenvalue weighted by molar-refractivity contribution is 5.27. The second-order valence-corrected chi connectivity index (χ2v) is 5.99. The van der Waals surface area contributed by atoms with Gasteiger partial charge in [-0.05, 0) is 63.9 Å². The number of ether oxygens (including phenoxy) is 1. The monoisotopic (exact) mass is 276 g/mol. The van der Waals surface area contributed by atoms with Gasteiger partial charge in [0.15, 0.2) is 0 Å². The van der Waals surface area contributed by atoms with Crippen molar-refractivity contribution in [3.05, 3.63) is 29.8 Å². The van der Waals surface area contributed by atoms with Crippen molar-refractivity contribution in [1.82, 2.24) is 10.2 Å². The van der Waals surface area contributed by atoms with Gasteiger partial charge in [-0.2, -0.15) is 0 Å². The van der Waals surface area contributed by atoms with Crippen molar-refractivity contribution in [3.8, 4) is 5.75 Å². The van der Waals surface area contributed by atoms with Crippen molar-refractivity contribution in [1.29, 1.82) is 0 Å². The summed E-state index contributed by atoms with van der Waals surface area (Å²) in [5.74, 6) is 0.927. The maximum Gasteiger partial charge on any atom is 0.118 e. The Morgan fingerprint density at radius 2 is 1.95 bits per heavy atom. The first-order valence-corrected chi connectivity index (χ1v) is 7.79. The summed E-state index contributed by atoms with van der Waals surface area (Å²) >= 11 is 0. The molecule has 1 unspecified atom stereocenters. The summed E-state index contributed by atoms with van der Waals surface area (Å²) in [6, 6.07) is 9.68. The molecule has 1 atom stereocenters. The van der Waals surface area contributed by atoms with Gasteiger partial charge < -0.3 is 15.0 Å². The Kier molecular flexibility index (Phi) is 5.86. The maximum atomic E-state index is 5.19. The third-order valence-corrected chi connectivity index (χ3v) is 4.25. The Labute approximate surface area is 123 Å². The van der Waals surface area contributed by atoms with Crippen LogP contribution in [0.2, 0.25) is 0 Å². The minimum Gasteiger partial charge on any atom is -0.497 e. The number of benzene rings is 1. The molecule has 0 bridgehead atoms. The second kappa shape index (κ2) is 7.65. The largest absolute Gasteiger partial charge is 0.497 e. The van der Waals surface area contributed by atoms with Gasteiger partial charge in [0.1, 0.15) is 5.75 Å². The van der Waals surface area contributed by atoms with Crippen molar-refractivity contribution < 1.29 is 4.74 Å². The molecule has 1 heterocycles. The summed E-state index contributed by atoms with van der Waals surface area (Å²) in [5.41, 5.74) is 1.33. The number of hydrogen-bond acceptors (Lipinski definition) is 3. The lowest BCUT2D eigenvalue weighted by molar-refractivity contribution is 0.229. The van der Waals surface area contributed by atoms with Crippen LogP contribution in [0.15, 0.2) is 24.3 Å². The maximum absolute atomic E-state index is 5.19. The Balaban J connectivity index is 1.78. The summed E-state index contributed by atoms with van der Waals surface area (Å²) in [7, 11) is 1.71. The lowest BCUT2D eigenvalue weighted by Crippen LogP contribution is -2.33. The van der Waals surface area contributed by atoms with E-state index in [1.54, 1.807) is 7.11 Å². The smallest absolute Gasteiger partial charge is 0.118 e. The number of nitrogens with zero attached hydrogens (tertiary/aromatic N) is 1. The molecule has 1 aliphatic rings. The van der Waals surface area contributed by atoms with E-state index in [1.807, 2.05) is 12.1 Å². The SMILES string of the molecule is COc1ccc(CNC2CCCN(C(C)C)CC2)cc1. The summed E-state index contributed by atoms with van der Waals surface area (Å²) in [5, 5.41) is 3.71. The van der Waals surface area contributed by atoms with Gasteiger partial charge in [0.05, 0.1) is 7.11 Å². The number of methoxy groups -OCH3 is 1. The molecule has 0 aliphatic carbocycles. The lowest BCUT2D eigenvalue weighted by Gasteiger charge is -2.24. The van der Waals surface area contributed by atoms with Crippen LogP contribution in [-0.4, -0.2) is 37.2 Å². The zero-order valence-corrected chi connectivity index (χ0v) is 13.1. The van der Waals surface area contributed by atoms with Gasteiger partial charge in [-0.15, -0.1) is 0 Å². The highest BCUT2D eigenvalue weighted by Gasteiger charge is 2.18. The van der Waals surface area contributed by atoms with Crippen LogP contribution in [-0.2, 0) is 6.54 Å². The Bertz CT molecular complexity index is 388. The summed E-state index contributed by atoms with van der Waals surface area (Å²) in [6.45, 7) is 8.02. The standard InChI is InChI=1S/C17H28N2O/c1-14(2)19-11-4-5-16(10-12-19)18-13-15-6-8-17(20-3)9-7-15/h6-9,14,16,18H,4-5,10-13H2,1-3H3. The normalized spacial score (nSPS) is 20.9. The first kappa shape index (κ1) is 15.3. The molecule has 0 radical (unpaired) electrons. The van der Waals surface area contributed by atoms with Crippen LogP contribution < -0.4 is 10.1 Å². The van der Waals surface area contributed by atoms with E-state index < -0.39 is 0 Å². The molecule has 1 aromatic carbocycles. The molecule has 0 saturated carbocycles. The van der Waals surface area contributed by atoms with E-state index in [0.717, 1.165) is 12.3 Å². The molecule has 1 aliphatic heterocycles. The average Bonchev–Trinajstić information content (AvgIpc) is 2.71. The third kappa shape index (κ3) is 4.50. The van der Waals surface area contributed by atoms with Gasteiger partial charge in [0, 0.05) is 18.6 Å². The van der Waals surface area contributed by atoms with Gasteiger partial charge in [0.2, 0.25) is 0 Å². The molecule has 2 rings (SSSR count). The Hall–Kier alpha value is -1.06. The summed E-state index contributed by atoms with van der Waals surface area (Å²) < 4.78 is 5.19. The van der Waals surface area contributed by atoms with Crippen molar-refractivity contribution >= 4 is 0 Å². The third-order valence-electron chi connectivity index (χ3n) is 4.25. The van der Waals surface area contributed by atoms with E-state index >= 15 is 0 Å². The van der Waals surface area contributed by atoms with Crippen LogP contribution in [0.4, 0.5) is 0 Å². The van der Waals surface area contributed by atoms with Crippen molar-refractivity contribution in [2.75, 3.05) is 20.2 Å². The number of hydrogen-bond donors (Lipinski definition) is 1. The molecule has 1 fully saturated rings. The van der Waals surface area contributed by atoms with Gasteiger partial charge >= 0.3 is 0 Å². The van der Waals surface area contributed by atoms with Crippen molar-refractivity contribution in [2.24, 2.45) is 0 Å². The predicted octanol–water partition coefficient (Wildman–Crippen LogP) is 3.05. The molecule has 20 heavy (non-hydrogen) atoms. The quantitative estimate of drug-likeness (QED) is 0.894. The number of likely N-dealkylation sites (tertiary alicyclic amines) is 1. The highest BCUT2D eigenvalue weighted by atomic mass is 16.5. The fourth-order valence-corrected chi connectivity index (χ4v) is 2.84. The van der Waals surface area contributed by atoms with Crippen LogP contribution in [0, 0.1) is 0 Å². The van der Waals surface area contributed by atoms with Gasteiger partial charge in [0.25, 0.3) is 0 Å². The zero-order valence-electron chi connectivity index (χ0n) is 13.1. The van der Waals surface area contributed by atoms with E-state index in [1.165, 1.54) is 37.9 Å². The zero-order chi connectivity index (χ0) is 14.4. The van der Waals surface area contributed by atoms with Crippen LogP contribution >= 0.6 is 0 Å². The molecule has 0 amide bonds. The molecular weight excluding hydrogens is 248 g/mol. The number of rotatable bonds is 5. The van der Waals surface area contributed by atoms with E-state index in [0.29, 0.717) is 12.1 Å².